The van der Waals surface area contributed by atoms with Crippen LogP contribution in [0.4, 0.5) is 0 Å². The van der Waals surface area contributed by atoms with Gasteiger partial charge in [-0.05, 0) is 68.0 Å². The van der Waals surface area contributed by atoms with Gasteiger partial charge in [0.15, 0.2) is 0 Å². The molecule has 0 N–H and O–H groups in total. The van der Waals surface area contributed by atoms with Crippen molar-refractivity contribution in [3.63, 3.8) is 0 Å². The molecular formula is C27H22ClNO4. The number of hydrogen-bond donors (Lipinski definition) is 0. The van der Waals surface area contributed by atoms with Crippen molar-refractivity contribution in [1.29, 1.82) is 0 Å². The van der Waals surface area contributed by atoms with Gasteiger partial charge in [-0.15, -0.1) is 0 Å². The lowest BCUT2D eigenvalue weighted by Gasteiger charge is -2.09. The van der Waals surface area contributed by atoms with Crippen molar-refractivity contribution in [1.82, 2.24) is 4.57 Å². The number of benzene rings is 3. The summed E-state index contributed by atoms with van der Waals surface area (Å²) in [5.74, 6) is -0.603. The molecule has 5 nitrogen and oxygen atoms in total. The van der Waals surface area contributed by atoms with E-state index in [2.05, 4.69) is 0 Å². The fourth-order valence-corrected chi connectivity index (χ4v) is 3.85. The summed E-state index contributed by atoms with van der Waals surface area (Å²) >= 11 is 6.05. The number of carbonyl (C=O) groups excluding carboxylic acids is 2. The van der Waals surface area contributed by atoms with Crippen molar-refractivity contribution in [2.45, 2.75) is 13.8 Å². The molecule has 1 aromatic heterocycles. The Labute approximate surface area is 196 Å². The molecule has 0 aliphatic rings. The van der Waals surface area contributed by atoms with E-state index in [9.17, 15) is 9.59 Å². The Kier molecular flexibility index (Phi) is 6.61. The highest BCUT2D eigenvalue weighted by atomic mass is 35.5. The predicted octanol–water partition coefficient (Wildman–Crippen LogP) is 6.39. The molecule has 33 heavy (non-hydrogen) atoms. The maximum atomic E-state index is 12.8. The number of ether oxygens (including phenoxy) is 2. The van der Waals surface area contributed by atoms with Gasteiger partial charge in [0.1, 0.15) is 5.75 Å². The van der Waals surface area contributed by atoms with Gasteiger partial charge >= 0.3 is 11.9 Å². The van der Waals surface area contributed by atoms with Crippen molar-refractivity contribution in [3.8, 4) is 11.4 Å². The van der Waals surface area contributed by atoms with Crippen LogP contribution in [0.2, 0.25) is 5.02 Å². The second-order valence-corrected chi connectivity index (χ2v) is 7.77. The van der Waals surface area contributed by atoms with Gasteiger partial charge in [0.25, 0.3) is 0 Å². The zero-order valence-electron chi connectivity index (χ0n) is 18.2. The Morgan fingerprint density at radius 3 is 2.42 bits per heavy atom. The third-order valence-corrected chi connectivity index (χ3v) is 5.42. The first-order chi connectivity index (χ1) is 16.0. The highest BCUT2D eigenvalue weighted by molar-refractivity contribution is 6.30. The van der Waals surface area contributed by atoms with Crippen molar-refractivity contribution >= 4 is 40.5 Å². The van der Waals surface area contributed by atoms with Gasteiger partial charge in [-0.1, -0.05) is 41.9 Å². The third kappa shape index (κ3) is 4.83. The Balaban J connectivity index is 1.73. The molecule has 4 rings (SSSR count). The molecule has 0 radical (unpaired) electrons. The number of carbonyl (C=O) groups is 2. The van der Waals surface area contributed by atoms with Crippen molar-refractivity contribution in [2.24, 2.45) is 0 Å². The van der Waals surface area contributed by atoms with Crippen LogP contribution in [0.3, 0.4) is 0 Å². The Morgan fingerprint density at radius 1 is 1.00 bits per heavy atom. The van der Waals surface area contributed by atoms with E-state index in [4.69, 9.17) is 21.1 Å². The van der Waals surface area contributed by atoms with Crippen LogP contribution in [0.15, 0.2) is 78.9 Å². The van der Waals surface area contributed by atoms with E-state index < -0.39 is 11.9 Å². The van der Waals surface area contributed by atoms with Crippen molar-refractivity contribution < 1.29 is 19.1 Å². The van der Waals surface area contributed by atoms with E-state index in [1.807, 2.05) is 60.0 Å². The van der Waals surface area contributed by atoms with E-state index in [-0.39, 0.29) is 6.61 Å². The van der Waals surface area contributed by atoms with Crippen molar-refractivity contribution in [2.75, 3.05) is 6.61 Å². The summed E-state index contributed by atoms with van der Waals surface area (Å²) in [5, 5.41) is 1.26. The molecule has 0 saturated carbocycles. The van der Waals surface area contributed by atoms with Gasteiger partial charge in [-0.2, -0.15) is 0 Å². The van der Waals surface area contributed by atoms with Crippen LogP contribution in [0.25, 0.3) is 22.7 Å². The predicted molar refractivity (Wildman–Crippen MR) is 130 cm³/mol. The van der Waals surface area contributed by atoms with Crippen LogP contribution in [0.5, 0.6) is 5.75 Å². The average molecular weight is 460 g/mol. The molecule has 0 aliphatic heterocycles. The molecule has 0 bridgehead atoms. The lowest BCUT2D eigenvalue weighted by molar-refractivity contribution is -0.128. The largest absolute Gasteiger partial charge is 0.462 e. The van der Waals surface area contributed by atoms with Crippen LogP contribution < -0.4 is 4.74 Å². The van der Waals surface area contributed by atoms with Gasteiger partial charge in [-0.25, -0.2) is 9.59 Å². The molecule has 0 saturated heterocycles. The summed E-state index contributed by atoms with van der Waals surface area (Å²) in [7, 11) is 0. The Hall–Kier alpha value is -3.83. The zero-order chi connectivity index (χ0) is 23.4. The molecule has 4 aromatic rings. The number of aromatic nitrogens is 1. The number of esters is 2. The number of fused-ring (bicyclic) bond motifs is 1. The highest BCUT2D eigenvalue weighted by Crippen LogP contribution is 2.33. The summed E-state index contributed by atoms with van der Waals surface area (Å²) in [6, 6.07) is 22.0. The first-order valence-corrected chi connectivity index (χ1v) is 10.9. The SMILES string of the molecule is CCOC(=O)c1c(C)n(-c2ccc(Cl)cc2)c2ccc(OC(=O)/C=C/c3ccccc3)cc12. The zero-order valence-corrected chi connectivity index (χ0v) is 19.0. The van der Waals surface area contributed by atoms with Gasteiger partial charge in [-0.3, -0.25) is 0 Å². The quantitative estimate of drug-likeness (QED) is 0.190. The fraction of sp³-hybridized carbons (Fsp3) is 0.111. The number of nitrogens with zero attached hydrogens (tertiary/aromatic N) is 1. The topological polar surface area (TPSA) is 57.5 Å². The molecule has 0 spiro atoms. The monoisotopic (exact) mass is 459 g/mol. The molecule has 0 amide bonds. The smallest absolute Gasteiger partial charge is 0.340 e. The Morgan fingerprint density at radius 2 is 1.73 bits per heavy atom. The van der Waals surface area contributed by atoms with Crippen molar-refractivity contribution in [3.05, 3.63) is 101 Å². The lowest BCUT2D eigenvalue weighted by Crippen LogP contribution is -2.07. The molecule has 6 heteroatoms. The normalized spacial score (nSPS) is 11.1. The molecule has 0 atom stereocenters. The summed E-state index contributed by atoms with van der Waals surface area (Å²) in [6.07, 6.45) is 3.06. The molecular weight excluding hydrogens is 438 g/mol. The van der Waals surface area contributed by atoms with Crippen LogP contribution in [0, 0.1) is 6.92 Å². The molecule has 0 aliphatic carbocycles. The first kappa shape index (κ1) is 22.4. The van der Waals surface area contributed by atoms with Gasteiger partial charge < -0.3 is 14.0 Å². The molecule has 0 fully saturated rings. The number of halogens is 1. The van der Waals surface area contributed by atoms with Gasteiger partial charge in [0.05, 0.1) is 17.7 Å². The third-order valence-electron chi connectivity index (χ3n) is 5.17. The molecule has 3 aromatic carbocycles. The average Bonchev–Trinajstić information content (AvgIpc) is 3.10. The molecule has 166 valence electrons. The summed E-state index contributed by atoms with van der Waals surface area (Å²) in [5.41, 5.74) is 3.69. The molecule has 1 heterocycles. The van der Waals surface area contributed by atoms with Gasteiger partial charge in [0, 0.05) is 27.9 Å². The number of rotatable bonds is 6. The van der Waals surface area contributed by atoms with Crippen LogP contribution in [-0.2, 0) is 9.53 Å². The highest BCUT2D eigenvalue weighted by Gasteiger charge is 2.22. The van der Waals surface area contributed by atoms with Crippen LogP contribution in [-0.4, -0.2) is 23.1 Å². The summed E-state index contributed by atoms with van der Waals surface area (Å²) < 4.78 is 12.8. The lowest BCUT2D eigenvalue weighted by atomic mass is 10.1. The minimum atomic E-state index is -0.509. The fourth-order valence-electron chi connectivity index (χ4n) is 3.72. The maximum absolute atomic E-state index is 12.8. The van der Waals surface area contributed by atoms with Crippen LogP contribution >= 0.6 is 11.6 Å². The van der Waals surface area contributed by atoms with E-state index in [0.717, 1.165) is 22.5 Å². The second kappa shape index (κ2) is 9.76. The standard InChI is InChI=1S/C27H22ClNO4/c1-3-32-27(31)26-18(2)29(21-12-10-20(28)11-13-21)24-15-14-22(17-23(24)26)33-25(30)16-9-19-7-5-4-6-8-19/h4-17H,3H2,1-2H3/b16-9+. The maximum Gasteiger partial charge on any atom is 0.340 e. The minimum absolute atomic E-state index is 0.255. The van der Waals surface area contributed by atoms with Gasteiger partial charge in [0.2, 0.25) is 0 Å². The minimum Gasteiger partial charge on any atom is -0.462 e. The molecule has 0 unspecified atom stereocenters. The summed E-state index contributed by atoms with van der Waals surface area (Å²) in [6.45, 7) is 3.87. The van der Waals surface area contributed by atoms with E-state index in [1.165, 1.54) is 6.08 Å². The van der Waals surface area contributed by atoms with Crippen LogP contribution in [0.1, 0.15) is 28.5 Å². The van der Waals surface area contributed by atoms with E-state index in [0.29, 0.717) is 21.7 Å². The summed E-state index contributed by atoms with van der Waals surface area (Å²) in [4.78, 5) is 25.1. The number of hydrogen-bond acceptors (Lipinski definition) is 4. The second-order valence-electron chi connectivity index (χ2n) is 7.34. The van der Waals surface area contributed by atoms with E-state index >= 15 is 0 Å². The Bertz CT molecular complexity index is 1340. The van der Waals surface area contributed by atoms with E-state index in [1.54, 1.807) is 37.3 Å². The first-order valence-electron chi connectivity index (χ1n) is 10.5.